The van der Waals surface area contributed by atoms with Crippen molar-refractivity contribution in [3.63, 3.8) is 0 Å². The minimum Gasteiger partial charge on any atom is -0.493 e. The Morgan fingerprint density at radius 2 is 2.15 bits per heavy atom. The topological polar surface area (TPSA) is 50.8 Å². The van der Waals surface area contributed by atoms with Crippen LogP contribution in [0, 0.1) is 0 Å². The number of carbonyl (C=O) groups is 1. The highest BCUT2D eigenvalue weighted by Crippen LogP contribution is 2.32. The second-order valence-electron chi connectivity index (χ2n) is 5.08. The van der Waals surface area contributed by atoms with Crippen molar-refractivity contribution in [2.45, 2.75) is 25.5 Å². The molecule has 5 heteroatoms. The molecular weight excluding hydrogens is 256 g/mol. The molecule has 0 spiro atoms. The van der Waals surface area contributed by atoms with Gasteiger partial charge in [0.1, 0.15) is 0 Å². The number of amides is 1. The molecule has 0 aromatic heterocycles. The number of methoxy groups -OCH3 is 1. The highest BCUT2D eigenvalue weighted by molar-refractivity contribution is 5.83. The summed E-state index contributed by atoms with van der Waals surface area (Å²) in [4.78, 5) is 13.6. The molecular formula is C15H22N2O3. The predicted octanol–water partition coefficient (Wildman–Crippen LogP) is 1.59. The van der Waals surface area contributed by atoms with Crippen LogP contribution in [0.3, 0.4) is 0 Å². The highest BCUT2D eigenvalue weighted by atomic mass is 16.5. The second-order valence-corrected chi connectivity index (χ2v) is 5.08. The van der Waals surface area contributed by atoms with Gasteiger partial charge in [-0.15, -0.1) is 0 Å². The van der Waals surface area contributed by atoms with Gasteiger partial charge in [-0.3, -0.25) is 4.79 Å². The Balaban J connectivity index is 2.18. The zero-order valence-corrected chi connectivity index (χ0v) is 12.5. The van der Waals surface area contributed by atoms with Crippen molar-refractivity contribution in [1.29, 1.82) is 0 Å². The maximum Gasteiger partial charge on any atom is 0.263 e. The number of likely N-dealkylation sites (N-methyl/N-ethyl adjacent to an activating group) is 1. The number of hydrogen-bond donors (Lipinski definition) is 1. The fourth-order valence-corrected chi connectivity index (χ4v) is 2.27. The number of ether oxygens (including phenoxy) is 2. The summed E-state index contributed by atoms with van der Waals surface area (Å²) >= 11 is 0. The molecule has 1 heterocycles. The van der Waals surface area contributed by atoms with Crippen LogP contribution in [-0.4, -0.2) is 44.7 Å². The normalized spacial score (nSPS) is 20.1. The van der Waals surface area contributed by atoms with Crippen molar-refractivity contribution in [2.75, 3.05) is 27.7 Å². The number of nitrogens with one attached hydrogen (secondary N) is 1. The fourth-order valence-electron chi connectivity index (χ4n) is 2.27. The largest absolute Gasteiger partial charge is 0.493 e. The van der Waals surface area contributed by atoms with Crippen LogP contribution in [0.15, 0.2) is 18.2 Å². The number of benzene rings is 1. The number of nitrogens with zero attached hydrogens (tertiary/aromatic N) is 1. The zero-order chi connectivity index (χ0) is 14.7. The molecule has 2 rings (SSSR count). The van der Waals surface area contributed by atoms with Crippen LogP contribution in [0.1, 0.15) is 24.9 Å². The lowest BCUT2D eigenvalue weighted by molar-refractivity contribution is -0.132. The summed E-state index contributed by atoms with van der Waals surface area (Å²) in [5.41, 5.74) is 1.12. The van der Waals surface area contributed by atoms with Crippen molar-refractivity contribution < 1.29 is 14.3 Å². The standard InChI is InChI=1S/C15H22N2O3/c1-10(16-2)11-5-6-12(14(9-11)19-4)20-13-7-8-17(3)15(13)18/h5-6,9-10,13,16H,7-8H2,1-4H3. The van der Waals surface area contributed by atoms with Crippen LogP contribution in [-0.2, 0) is 4.79 Å². The Hall–Kier alpha value is -1.75. The molecule has 1 aliphatic rings. The first kappa shape index (κ1) is 14.7. The van der Waals surface area contributed by atoms with Gasteiger partial charge in [0.05, 0.1) is 7.11 Å². The number of carbonyl (C=O) groups excluding carboxylic acids is 1. The SMILES string of the molecule is CNC(C)c1ccc(OC2CCN(C)C2=O)c(OC)c1. The summed E-state index contributed by atoms with van der Waals surface area (Å²) in [6.45, 7) is 2.81. The molecule has 0 saturated carbocycles. The van der Waals surface area contributed by atoms with Crippen LogP contribution >= 0.6 is 0 Å². The Bertz CT molecular complexity index is 490. The number of rotatable bonds is 5. The number of hydrogen-bond acceptors (Lipinski definition) is 4. The summed E-state index contributed by atoms with van der Waals surface area (Å²) in [5, 5.41) is 3.18. The molecule has 0 radical (unpaired) electrons. The first-order chi connectivity index (χ1) is 9.56. The molecule has 1 aromatic carbocycles. The highest BCUT2D eigenvalue weighted by Gasteiger charge is 2.31. The molecule has 1 saturated heterocycles. The molecule has 2 atom stereocenters. The van der Waals surface area contributed by atoms with Crippen LogP contribution in [0.4, 0.5) is 0 Å². The van der Waals surface area contributed by atoms with Gasteiger partial charge < -0.3 is 19.7 Å². The monoisotopic (exact) mass is 278 g/mol. The summed E-state index contributed by atoms with van der Waals surface area (Å²) in [6.07, 6.45) is 0.314. The van der Waals surface area contributed by atoms with E-state index in [0.717, 1.165) is 12.1 Å². The number of likely N-dealkylation sites (tertiary alicyclic amines) is 1. The average Bonchev–Trinajstić information content (AvgIpc) is 2.78. The van der Waals surface area contributed by atoms with Crippen LogP contribution < -0.4 is 14.8 Å². The summed E-state index contributed by atoms with van der Waals surface area (Å²) in [6, 6.07) is 6.03. The maximum atomic E-state index is 11.9. The second kappa shape index (κ2) is 6.13. The molecule has 1 N–H and O–H groups in total. The van der Waals surface area contributed by atoms with Gasteiger partial charge in [-0.05, 0) is 31.7 Å². The van der Waals surface area contributed by atoms with Gasteiger partial charge in [-0.1, -0.05) is 6.07 Å². The lowest BCUT2D eigenvalue weighted by atomic mass is 10.1. The Morgan fingerprint density at radius 1 is 1.40 bits per heavy atom. The third kappa shape index (κ3) is 2.88. The third-order valence-corrected chi connectivity index (χ3v) is 3.77. The van der Waals surface area contributed by atoms with Crippen molar-refractivity contribution in [3.05, 3.63) is 23.8 Å². The van der Waals surface area contributed by atoms with Crippen LogP contribution in [0.25, 0.3) is 0 Å². The molecule has 2 unspecified atom stereocenters. The van der Waals surface area contributed by atoms with E-state index >= 15 is 0 Å². The summed E-state index contributed by atoms with van der Waals surface area (Å²) in [5.74, 6) is 1.31. The van der Waals surface area contributed by atoms with Crippen molar-refractivity contribution >= 4 is 5.91 Å². The molecule has 20 heavy (non-hydrogen) atoms. The van der Waals surface area contributed by atoms with Gasteiger partial charge in [-0.2, -0.15) is 0 Å². The van der Waals surface area contributed by atoms with Crippen molar-refractivity contribution in [1.82, 2.24) is 10.2 Å². The predicted molar refractivity (Wildman–Crippen MR) is 77.1 cm³/mol. The van der Waals surface area contributed by atoms with E-state index < -0.39 is 6.10 Å². The first-order valence-electron chi connectivity index (χ1n) is 6.83. The molecule has 0 aliphatic carbocycles. The van der Waals surface area contributed by atoms with Gasteiger partial charge in [0.25, 0.3) is 5.91 Å². The van der Waals surface area contributed by atoms with Gasteiger partial charge in [0, 0.05) is 26.1 Å². The third-order valence-electron chi connectivity index (χ3n) is 3.77. The fraction of sp³-hybridized carbons (Fsp3) is 0.533. The Labute approximate surface area is 119 Å². The average molecular weight is 278 g/mol. The van der Waals surface area contributed by atoms with E-state index in [9.17, 15) is 4.79 Å². The van der Waals surface area contributed by atoms with E-state index in [1.165, 1.54) is 0 Å². The van der Waals surface area contributed by atoms with Crippen LogP contribution in [0.2, 0.25) is 0 Å². The van der Waals surface area contributed by atoms with Gasteiger partial charge in [-0.25, -0.2) is 0 Å². The maximum absolute atomic E-state index is 11.9. The van der Waals surface area contributed by atoms with E-state index in [4.69, 9.17) is 9.47 Å². The molecule has 5 nitrogen and oxygen atoms in total. The quantitative estimate of drug-likeness (QED) is 0.888. The van der Waals surface area contributed by atoms with E-state index in [1.807, 2.05) is 25.2 Å². The van der Waals surface area contributed by atoms with Gasteiger partial charge >= 0.3 is 0 Å². The molecule has 1 amide bonds. The molecule has 0 bridgehead atoms. The molecule has 1 aromatic rings. The Kier molecular flexibility index (Phi) is 4.49. The van der Waals surface area contributed by atoms with E-state index in [2.05, 4.69) is 12.2 Å². The minimum atomic E-state index is -0.401. The van der Waals surface area contributed by atoms with Crippen molar-refractivity contribution in [3.8, 4) is 11.5 Å². The van der Waals surface area contributed by atoms with Crippen molar-refractivity contribution in [2.24, 2.45) is 0 Å². The Morgan fingerprint density at radius 3 is 2.70 bits per heavy atom. The minimum absolute atomic E-state index is 0.0275. The molecule has 110 valence electrons. The lowest BCUT2D eigenvalue weighted by Gasteiger charge is -2.18. The molecule has 1 aliphatic heterocycles. The zero-order valence-electron chi connectivity index (χ0n) is 12.5. The summed E-state index contributed by atoms with van der Waals surface area (Å²) < 4.78 is 11.2. The molecule has 1 fully saturated rings. The van der Waals surface area contributed by atoms with E-state index in [1.54, 1.807) is 19.1 Å². The van der Waals surface area contributed by atoms with Gasteiger partial charge in [0.2, 0.25) is 0 Å². The first-order valence-corrected chi connectivity index (χ1v) is 6.83. The lowest BCUT2D eigenvalue weighted by Crippen LogP contribution is -2.29. The van der Waals surface area contributed by atoms with Crippen LogP contribution in [0.5, 0.6) is 11.5 Å². The summed E-state index contributed by atoms with van der Waals surface area (Å²) in [7, 11) is 5.31. The van der Waals surface area contributed by atoms with Gasteiger partial charge in [0.15, 0.2) is 17.6 Å². The van der Waals surface area contributed by atoms with E-state index in [0.29, 0.717) is 17.9 Å². The van der Waals surface area contributed by atoms with E-state index in [-0.39, 0.29) is 11.9 Å². The smallest absolute Gasteiger partial charge is 0.263 e.